The molecule has 1 unspecified atom stereocenters. The van der Waals surface area contributed by atoms with Crippen molar-refractivity contribution in [2.24, 2.45) is 5.73 Å². The van der Waals surface area contributed by atoms with E-state index in [2.05, 4.69) is 6.92 Å². The SMILES string of the molecule is CCCCCCCCCCCC(=O)OC(=O)[C@@H](N)CCC(=O)OCC(O)CO.[H-].[Na+]. The predicted octanol–water partition coefficient (Wildman–Crippen LogP) is -0.902. The fourth-order valence-corrected chi connectivity index (χ4v) is 2.52. The Morgan fingerprint density at radius 1 is 0.931 bits per heavy atom. The maximum atomic E-state index is 11.7. The van der Waals surface area contributed by atoms with Gasteiger partial charge in [0, 0.05) is 12.8 Å². The van der Waals surface area contributed by atoms with Gasteiger partial charge in [-0.05, 0) is 12.8 Å². The summed E-state index contributed by atoms with van der Waals surface area (Å²) in [6.45, 7) is 1.35. The Bertz CT molecular complexity index is 455. The fourth-order valence-electron chi connectivity index (χ4n) is 2.52. The van der Waals surface area contributed by atoms with Gasteiger partial charge >= 0.3 is 47.5 Å². The van der Waals surface area contributed by atoms with Crippen LogP contribution in [0.4, 0.5) is 0 Å². The molecule has 0 rings (SSSR count). The summed E-state index contributed by atoms with van der Waals surface area (Å²) in [5, 5.41) is 17.7. The molecule has 0 aliphatic heterocycles. The number of carbonyl (C=O) groups is 3. The van der Waals surface area contributed by atoms with Gasteiger partial charge in [-0.25, -0.2) is 4.79 Å². The van der Waals surface area contributed by atoms with Gasteiger partial charge in [-0.3, -0.25) is 9.59 Å². The first-order valence-electron chi connectivity index (χ1n) is 10.3. The van der Waals surface area contributed by atoms with Crippen molar-refractivity contribution in [3.8, 4) is 0 Å². The van der Waals surface area contributed by atoms with E-state index in [1.54, 1.807) is 0 Å². The Morgan fingerprint density at radius 2 is 1.48 bits per heavy atom. The molecule has 0 spiro atoms. The van der Waals surface area contributed by atoms with Crippen LogP contribution in [0.25, 0.3) is 0 Å². The molecule has 29 heavy (non-hydrogen) atoms. The van der Waals surface area contributed by atoms with Crippen LogP contribution >= 0.6 is 0 Å². The van der Waals surface area contributed by atoms with Gasteiger partial charge in [-0.2, -0.15) is 0 Å². The molecule has 4 N–H and O–H groups in total. The van der Waals surface area contributed by atoms with E-state index < -0.39 is 36.7 Å². The maximum absolute atomic E-state index is 11.7. The van der Waals surface area contributed by atoms with Crippen LogP contribution in [0.1, 0.15) is 85.4 Å². The molecule has 0 saturated carbocycles. The van der Waals surface area contributed by atoms with Gasteiger partial charge in [-0.15, -0.1) is 0 Å². The summed E-state index contributed by atoms with van der Waals surface area (Å²) < 4.78 is 9.40. The average molecular weight is 428 g/mol. The number of hydrogen-bond donors (Lipinski definition) is 3. The third kappa shape index (κ3) is 19.2. The predicted molar refractivity (Wildman–Crippen MR) is 105 cm³/mol. The normalized spacial score (nSPS) is 12.6. The first kappa shape index (κ1) is 30.7. The van der Waals surface area contributed by atoms with Crippen molar-refractivity contribution in [1.82, 2.24) is 0 Å². The number of esters is 3. The van der Waals surface area contributed by atoms with Gasteiger partial charge in [0.2, 0.25) is 0 Å². The Balaban J connectivity index is -0.00000364. The molecular formula is C20H38NNaO7. The van der Waals surface area contributed by atoms with Crippen molar-refractivity contribution in [2.45, 2.75) is 96.1 Å². The smallest absolute Gasteiger partial charge is 1.00 e. The molecule has 0 aliphatic rings. The molecule has 0 aliphatic carbocycles. The first-order chi connectivity index (χ1) is 13.4. The molecule has 8 nitrogen and oxygen atoms in total. The number of unbranched alkanes of at least 4 members (excludes halogenated alkanes) is 8. The van der Waals surface area contributed by atoms with Gasteiger partial charge in [-0.1, -0.05) is 58.3 Å². The number of rotatable bonds is 17. The first-order valence-corrected chi connectivity index (χ1v) is 10.3. The van der Waals surface area contributed by atoms with E-state index >= 15 is 0 Å². The van der Waals surface area contributed by atoms with Crippen molar-refractivity contribution in [2.75, 3.05) is 13.2 Å². The zero-order chi connectivity index (χ0) is 21.2. The minimum Gasteiger partial charge on any atom is -1.00 e. The maximum Gasteiger partial charge on any atom is 1.00 e. The molecule has 0 aromatic heterocycles. The van der Waals surface area contributed by atoms with Crippen LogP contribution in [-0.4, -0.2) is 53.5 Å². The summed E-state index contributed by atoms with van der Waals surface area (Å²) in [7, 11) is 0. The second kappa shape index (κ2) is 20.8. The molecule has 166 valence electrons. The second-order valence-electron chi connectivity index (χ2n) is 7.04. The van der Waals surface area contributed by atoms with E-state index in [-0.39, 0.29) is 56.9 Å². The fraction of sp³-hybridized carbons (Fsp3) is 0.850. The van der Waals surface area contributed by atoms with Crippen molar-refractivity contribution in [3.63, 3.8) is 0 Å². The molecule has 0 aromatic carbocycles. The van der Waals surface area contributed by atoms with Crippen LogP contribution < -0.4 is 35.3 Å². The van der Waals surface area contributed by atoms with E-state index in [1.165, 1.54) is 32.1 Å². The molecule has 0 aromatic rings. The van der Waals surface area contributed by atoms with Crippen LogP contribution in [0.3, 0.4) is 0 Å². The largest absolute Gasteiger partial charge is 1.00 e. The quantitative estimate of drug-likeness (QED) is 0.118. The number of nitrogens with two attached hydrogens (primary N) is 1. The van der Waals surface area contributed by atoms with Crippen LogP contribution in [0.2, 0.25) is 0 Å². The van der Waals surface area contributed by atoms with E-state index in [9.17, 15) is 14.4 Å². The molecule has 9 heteroatoms. The van der Waals surface area contributed by atoms with Gasteiger partial charge in [0.25, 0.3) is 0 Å². The van der Waals surface area contributed by atoms with E-state index in [0.29, 0.717) is 6.42 Å². The average Bonchev–Trinajstić information content (AvgIpc) is 2.68. The van der Waals surface area contributed by atoms with Crippen molar-refractivity contribution in [3.05, 3.63) is 0 Å². The Morgan fingerprint density at radius 3 is 2.03 bits per heavy atom. The minimum absolute atomic E-state index is 0. The Hall–Kier alpha value is -0.510. The molecule has 0 fully saturated rings. The van der Waals surface area contributed by atoms with Gasteiger partial charge in [0.1, 0.15) is 18.8 Å². The summed E-state index contributed by atoms with van der Waals surface area (Å²) in [5.74, 6) is -2.11. The van der Waals surface area contributed by atoms with Crippen LogP contribution in [0.5, 0.6) is 0 Å². The number of aliphatic hydroxyl groups excluding tert-OH is 2. The van der Waals surface area contributed by atoms with Crippen molar-refractivity contribution in [1.29, 1.82) is 0 Å². The zero-order valence-corrected chi connectivity index (χ0v) is 20.1. The molecule has 0 heterocycles. The Labute approximate surface area is 197 Å². The van der Waals surface area contributed by atoms with Gasteiger partial charge < -0.3 is 26.8 Å². The summed E-state index contributed by atoms with van der Waals surface area (Å²) in [6.07, 6.45) is 8.98. The third-order valence-corrected chi connectivity index (χ3v) is 4.31. The second-order valence-corrected chi connectivity index (χ2v) is 7.04. The molecule has 2 atom stereocenters. The summed E-state index contributed by atoms with van der Waals surface area (Å²) in [4.78, 5) is 34.8. The topological polar surface area (TPSA) is 136 Å². The van der Waals surface area contributed by atoms with E-state index in [4.69, 9.17) is 25.4 Å². The number of aliphatic hydroxyl groups is 2. The molecule has 0 saturated heterocycles. The van der Waals surface area contributed by atoms with E-state index in [1.807, 2.05) is 0 Å². The zero-order valence-electron chi connectivity index (χ0n) is 19.1. The molecule has 0 radical (unpaired) electrons. The standard InChI is InChI=1S/C20H37NO7.Na.H/c1-2-3-4-5-6-7-8-9-10-11-19(25)28-20(26)17(21)12-13-18(24)27-15-16(23)14-22;;/h16-17,22-23H,2-15,21H2,1H3;;/q;+1;-1/t16?,17-;;/m0../s1. The van der Waals surface area contributed by atoms with Gasteiger partial charge in [0.15, 0.2) is 0 Å². The van der Waals surface area contributed by atoms with Crippen molar-refractivity contribution >= 4 is 17.9 Å². The van der Waals surface area contributed by atoms with Crippen molar-refractivity contribution < 1.29 is 65.1 Å². The molecule has 0 amide bonds. The minimum atomic E-state index is -1.14. The monoisotopic (exact) mass is 427 g/mol. The summed E-state index contributed by atoms with van der Waals surface area (Å²) in [5.41, 5.74) is 5.62. The number of hydrogen-bond acceptors (Lipinski definition) is 8. The van der Waals surface area contributed by atoms with Crippen LogP contribution in [-0.2, 0) is 23.9 Å². The van der Waals surface area contributed by atoms with E-state index in [0.717, 1.165) is 19.3 Å². The molecular weight excluding hydrogens is 389 g/mol. The van der Waals surface area contributed by atoms with Crippen LogP contribution in [0, 0.1) is 0 Å². The summed E-state index contributed by atoms with van der Waals surface area (Å²) in [6, 6.07) is -1.10. The number of ether oxygens (including phenoxy) is 2. The van der Waals surface area contributed by atoms with Gasteiger partial charge in [0.05, 0.1) is 6.61 Å². The third-order valence-electron chi connectivity index (χ3n) is 4.31. The van der Waals surface area contributed by atoms with Crippen LogP contribution in [0.15, 0.2) is 0 Å². The number of carbonyl (C=O) groups excluding carboxylic acids is 3. The Kier molecular flexibility index (Phi) is 22.0. The summed E-state index contributed by atoms with van der Waals surface area (Å²) >= 11 is 0. The molecule has 0 bridgehead atoms.